The molecule has 1 aromatic rings. The van der Waals surface area contributed by atoms with Crippen molar-refractivity contribution in [3.05, 3.63) is 17.7 Å². The van der Waals surface area contributed by atoms with Gasteiger partial charge in [-0.25, -0.2) is 4.79 Å². The Hall–Kier alpha value is -1.91. The molecule has 0 atom stereocenters. The van der Waals surface area contributed by atoms with Crippen LogP contribution in [0.4, 0.5) is 5.69 Å². The molecular weight excluding hydrogens is 198 g/mol. The van der Waals surface area contributed by atoms with Crippen molar-refractivity contribution in [1.29, 1.82) is 0 Å². The molecule has 0 heterocycles. The number of anilines is 1. The van der Waals surface area contributed by atoms with E-state index in [9.17, 15) is 4.79 Å². The lowest BCUT2D eigenvalue weighted by molar-refractivity contribution is 0.0601. The third-order valence-corrected chi connectivity index (χ3v) is 1.85. The molecule has 0 saturated heterocycles. The summed E-state index contributed by atoms with van der Waals surface area (Å²) in [5.74, 6) is -0.630. The molecule has 0 spiro atoms. The SMILES string of the molecule is [2H]C([2H])([2H])Oc1cc(N)c(C(=O)OC)cc1OC. The van der Waals surface area contributed by atoms with Gasteiger partial charge in [0.05, 0.1) is 36.6 Å². The second-order valence-corrected chi connectivity index (χ2v) is 2.68. The monoisotopic (exact) mass is 214 g/mol. The van der Waals surface area contributed by atoms with Gasteiger partial charge in [0.15, 0.2) is 11.5 Å². The molecule has 0 saturated carbocycles. The van der Waals surface area contributed by atoms with Crippen molar-refractivity contribution >= 4 is 11.7 Å². The Morgan fingerprint density at radius 3 is 2.53 bits per heavy atom. The average Bonchev–Trinajstić information content (AvgIpc) is 2.26. The van der Waals surface area contributed by atoms with Gasteiger partial charge in [0.1, 0.15) is 0 Å². The van der Waals surface area contributed by atoms with Gasteiger partial charge in [-0.15, -0.1) is 0 Å². The third-order valence-electron chi connectivity index (χ3n) is 1.85. The van der Waals surface area contributed by atoms with Crippen LogP contribution in [0.1, 0.15) is 14.5 Å². The van der Waals surface area contributed by atoms with E-state index in [1.807, 2.05) is 0 Å². The van der Waals surface area contributed by atoms with Crippen molar-refractivity contribution in [1.82, 2.24) is 0 Å². The predicted octanol–water partition coefficient (Wildman–Crippen LogP) is 1.07. The first-order valence-electron chi connectivity index (χ1n) is 5.53. The number of ether oxygens (including phenoxy) is 3. The van der Waals surface area contributed by atoms with Crippen molar-refractivity contribution in [2.45, 2.75) is 0 Å². The summed E-state index contributed by atoms with van der Waals surface area (Å²) in [5, 5.41) is 0. The molecule has 0 aliphatic heterocycles. The molecule has 1 aromatic carbocycles. The first-order valence-corrected chi connectivity index (χ1v) is 4.03. The molecule has 0 aliphatic rings. The number of rotatable bonds is 3. The van der Waals surface area contributed by atoms with Crippen LogP contribution in [0, 0.1) is 0 Å². The van der Waals surface area contributed by atoms with Crippen LogP contribution in [-0.2, 0) is 4.74 Å². The Morgan fingerprint density at radius 2 is 2.00 bits per heavy atom. The standard InChI is InChI=1S/C10H13NO4/c1-13-8-4-6(10(12)15-3)7(11)5-9(8)14-2/h4-5H,11H2,1-3H3/i2D3. The largest absolute Gasteiger partial charge is 0.493 e. The van der Waals surface area contributed by atoms with E-state index in [1.165, 1.54) is 26.4 Å². The number of carbonyl (C=O) groups excluding carboxylic acids is 1. The van der Waals surface area contributed by atoms with Crippen LogP contribution >= 0.6 is 0 Å². The highest BCUT2D eigenvalue weighted by molar-refractivity contribution is 5.96. The number of hydrogen-bond donors (Lipinski definition) is 1. The summed E-state index contributed by atoms with van der Waals surface area (Å²) in [4.78, 5) is 11.4. The lowest BCUT2D eigenvalue weighted by Crippen LogP contribution is -2.06. The van der Waals surface area contributed by atoms with Crippen molar-refractivity contribution in [3.63, 3.8) is 0 Å². The summed E-state index contributed by atoms with van der Waals surface area (Å²) in [6, 6.07) is 2.47. The van der Waals surface area contributed by atoms with Crippen molar-refractivity contribution in [2.75, 3.05) is 27.0 Å². The van der Waals surface area contributed by atoms with Gasteiger partial charge < -0.3 is 19.9 Å². The molecular formula is C10H13NO4. The first kappa shape index (κ1) is 7.39. The highest BCUT2D eigenvalue weighted by Crippen LogP contribution is 2.32. The fourth-order valence-electron chi connectivity index (χ4n) is 1.10. The molecule has 0 fully saturated rings. The second-order valence-electron chi connectivity index (χ2n) is 2.68. The number of esters is 1. The van der Waals surface area contributed by atoms with E-state index in [0.717, 1.165) is 0 Å². The Bertz CT molecular complexity index is 459. The molecule has 2 N–H and O–H groups in total. The molecule has 0 unspecified atom stereocenters. The van der Waals surface area contributed by atoms with Gasteiger partial charge in [-0.1, -0.05) is 0 Å². The van der Waals surface area contributed by atoms with E-state index in [1.54, 1.807) is 0 Å². The van der Waals surface area contributed by atoms with Crippen LogP contribution in [-0.4, -0.2) is 27.2 Å². The molecule has 15 heavy (non-hydrogen) atoms. The number of hydrogen-bond acceptors (Lipinski definition) is 5. The molecule has 5 heteroatoms. The fraction of sp³-hybridized carbons (Fsp3) is 0.300. The number of nitrogens with two attached hydrogens (primary N) is 1. The summed E-state index contributed by atoms with van der Waals surface area (Å²) in [5.41, 5.74) is 5.74. The summed E-state index contributed by atoms with van der Waals surface area (Å²) < 4.78 is 35.2. The summed E-state index contributed by atoms with van der Waals surface area (Å²) in [6.45, 7) is 0. The summed E-state index contributed by atoms with van der Waals surface area (Å²) in [7, 11) is -0.105. The molecule has 1 rings (SSSR count). The van der Waals surface area contributed by atoms with Crippen LogP contribution in [0.2, 0.25) is 0 Å². The van der Waals surface area contributed by atoms with E-state index in [4.69, 9.17) is 19.3 Å². The topological polar surface area (TPSA) is 70.8 Å². The van der Waals surface area contributed by atoms with E-state index in [0.29, 0.717) is 0 Å². The molecule has 0 amide bonds. The Balaban J connectivity index is 3.23. The molecule has 0 aromatic heterocycles. The summed E-state index contributed by atoms with van der Waals surface area (Å²) in [6.07, 6.45) is 0. The maximum absolute atomic E-state index is 11.4. The van der Waals surface area contributed by atoms with Crippen LogP contribution in [0.5, 0.6) is 11.5 Å². The van der Waals surface area contributed by atoms with E-state index in [-0.39, 0.29) is 22.7 Å². The second kappa shape index (κ2) is 4.54. The Kier molecular flexibility index (Phi) is 2.24. The predicted molar refractivity (Wildman–Crippen MR) is 55.3 cm³/mol. The Labute approximate surface area is 91.9 Å². The van der Waals surface area contributed by atoms with Gasteiger partial charge in [0, 0.05) is 12.1 Å². The smallest absolute Gasteiger partial charge is 0.340 e. The zero-order chi connectivity index (χ0) is 13.9. The van der Waals surface area contributed by atoms with Crippen LogP contribution in [0.15, 0.2) is 12.1 Å². The molecule has 5 nitrogen and oxygen atoms in total. The van der Waals surface area contributed by atoms with Crippen molar-refractivity contribution in [2.24, 2.45) is 0 Å². The first-order chi connectivity index (χ1) is 8.28. The molecule has 0 radical (unpaired) electrons. The maximum atomic E-state index is 11.4. The van der Waals surface area contributed by atoms with Gasteiger partial charge in [-0.3, -0.25) is 0 Å². The van der Waals surface area contributed by atoms with E-state index < -0.39 is 13.0 Å². The van der Waals surface area contributed by atoms with Crippen molar-refractivity contribution in [3.8, 4) is 11.5 Å². The number of carbonyl (C=O) groups is 1. The van der Waals surface area contributed by atoms with E-state index in [2.05, 4.69) is 4.74 Å². The lowest BCUT2D eigenvalue weighted by atomic mass is 10.1. The molecule has 0 bridgehead atoms. The zero-order valence-electron chi connectivity index (χ0n) is 11.4. The minimum atomic E-state index is -2.63. The minimum absolute atomic E-state index is 0.0434. The third kappa shape index (κ3) is 2.12. The molecule has 0 aliphatic carbocycles. The van der Waals surface area contributed by atoms with Crippen LogP contribution < -0.4 is 15.2 Å². The molecule has 82 valence electrons. The van der Waals surface area contributed by atoms with Gasteiger partial charge in [-0.05, 0) is 0 Å². The summed E-state index contributed by atoms with van der Waals surface area (Å²) >= 11 is 0. The van der Waals surface area contributed by atoms with Gasteiger partial charge >= 0.3 is 5.97 Å². The number of nitrogen functional groups attached to an aromatic ring is 1. The number of benzene rings is 1. The maximum Gasteiger partial charge on any atom is 0.340 e. The van der Waals surface area contributed by atoms with Gasteiger partial charge in [0.2, 0.25) is 0 Å². The lowest BCUT2D eigenvalue weighted by Gasteiger charge is -2.10. The van der Waals surface area contributed by atoms with Gasteiger partial charge in [-0.2, -0.15) is 0 Å². The van der Waals surface area contributed by atoms with Crippen LogP contribution in [0.25, 0.3) is 0 Å². The Morgan fingerprint density at radius 1 is 1.33 bits per heavy atom. The quantitative estimate of drug-likeness (QED) is 0.602. The highest BCUT2D eigenvalue weighted by Gasteiger charge is 2.15. The normalized spacial score (nSPS) is 13.3. The minimum Gasteiger partial charge on any atom is -0.493 e. The highest BCUT2D eigenvalue weighted by atomic mass is 16.5. The average molecular weight is 214 g/mol. The fourth-order valence-corrected chi connectivity index (χ4v) is 1.10. The van der Waals surface area contributed by atoms with Crippen LogP contribution in [0.3, 0.4) is 0 Å². The van der Waals surface area contributed by atoms with Gasteiger partial charge in [0.25, 0.3) is 0 Å². The van der Waals surface area contributed by atoms with Crippen molar-refractivity contribution < 1.29 is 23.1 Å². The zero-order valence-corrected chi connectivity index (χ0v) is 8.37. The number of methoxy groups -OCH3 is 3. The van der Waals surface area contributed by atoms with E-state index >= 15 is 0 Å².